The normalized spacial score (nSPS) is 10.5. The molecule has 22 heavy (non-hydrogen) atoms. The fourth-order valence-corrected chi connectivity index (χ4v) is 1.97. The molecule has 0 aliphatic heterocycles. The summed E-state index contributed by atoms with van der Waals surface area (Å²) >= 11 is 5.85. The predicted molar refractivity (Wildman–Crippen MR) is 82.1 cm³/mol. The zero-order valence-electron chi connectivity index (χ0n) is 11.8. The highest BCUT2D eigenvalue weighted by atomic mass is 35.5. The largest absolute Gasteiger partial charge is 0.497 e. The second kappa shape index (κ2) is 6.49. The quantitative estimate of drug-likeness (QED) is 0.712. The summed E-state index contributed by atoms with van der Waals surface area (Å²) in [7, 11) is 1.62. The van der Waals surface area contributed by atoms with E-state index in [-0.39, 0.29) is 6.61 Å². The number of aromatic nitrogens is 2. The third-order valence-electron chi connectivity index (χ3n) is 2.99. The number of hydrogen-bond donors (Lipinski definition) is 0. The van der Waals surface area contributed by atoms with Crippen LogP contribution in [0.4, 0.5) is 0 Å². The molecule has 1 heterocycles. The van der Waals surface area contributed by atoms with Crippen molar-refractivity contribution in [3.63, 3.8) is 0 Å². The van der Waals surface area contributed by atoms with E-state index in [0.29, 0.717) is 22.5 Å². The van der Waals surface area contributed by atoms with Crippen molar-refractivity contribution in [2.75, 3.05) is 7.11 Å². The van der Waals surface area contributed by atoms with Crippen LogP contribution >= 0.6 is 11.6 Å². The Morgan fingerprint density at radius 2 is 1.68 bits per heavy atom. The fraction of sp³-hybridized carbons (Fsp3) is 0.125. The first-order valence-electron chi connectivity index (χ1n) is 6.60. The number of halogens is 1. The smallest absolute Gasteiger partial charge is 0.258 e. The lowest BCUT2D eigenvalue weighted by Crippen LogP contribution is -1.97. The first-order valence-corrected chi connectivity index (χ1v) is 6.98. The molecule has 3 rings (SSSR count). The van der Waals surface area contributed by atoms with Gasteiger partial charge in [-0.1, -0.05) is 16.8 Å². The van der Waals surface area contributed by atoms with Crippen LogP contribution in [0, 0.1) is 0 Å². The van der Waals surface area contributed by atoms with Crippen molar-refractivity contribution in [3.8, 4) is 23.0 Å². The van der Waals surface area contributed by atoms with Gasteiger partial charge >= 0.3 is 0 Å². The number of methoxy groups -OCH3 is 1. The van der Waals surface area contributed by atoms with E-state index in [1.165, 1.54) is 0 Å². The zero-order chi connectivity index (χ0) is 15.4. The summed E-state index contributed by atoms with van der Waals surface area (Å²) in [6.07, 6.45) is 0. The van der Waals surface area contributed by atoms with E-state index in [1.54, 1.807) is 19.2 Å². The summed E-state index contributed by atoms with van der Waals surface area (Å²) in [6.45, 7) is 0.226. The molecular formula is C16H13ClN2O3. The number of rotatable bonds is 5. The lowest BCUT2D eigenvalue weighted by atomic mass is 10.2. The van der Waals surface area contributed by atoms with Gasteiger partial charge in [0.2, 0.25) is 5.82 Å². The fourth-order valence-electron chi connectivity index (χ4n) is 1.84. The molecule has 0 bridgehead atoms. The van der Waals surface area contributed by atoms with Crippen molar-refractivity contribution in [3.05, 3.63) is 59.4 Å². The van der Waals surface area contributed by atoms with Crippen LogP contribution < -0.4 is 9.47 Å². The first-order chi connectivity index (χ1) is 10.7. The van der Waals surface area contributed by atoms with Crippen molar-refractivity contribution >= 4 is 11.6 Å². The molecule has 3 aromatic rings. The molecule has 0 N–H and O–H groups in total. The van der Waals surface area contributed by atoms with E-state index in [9.17, 15) is 0 Å². The maximum absolute atomic E-state index is 5.85. The Labute approximate surface area is 132 Å². The average Bonchev–Trinajstić information content (AvgIpc) is 3.03. The SMILES string of the molecule is COc1ccc(OCc2noc(-c3ccc(Cl)cc3)n2)cc1. The molecule has 0 fully saturated rings. The lowest BCUT2D eigenvalue weighted by Gasteiger charge is -2.04. The van der Waals surface area contributed by atoms with Crippen LogP contribution in [0.1, 0.15) is 5.82 Å². The Hall–Kier alpha value is -2.53. The van der Waals surface area contributed by atoms with Crippen molar-refractivity contribution in [2.24, 2.45) is 0 Å². The van der Waals surface area contributed by atoms with Gasteiger partial charge in [-0.25, -0.2) is 0 Å². The van der Waals surface area contributed by atoms with Gasteiger partial charge in [0.05, 0.1) is 7.11 Å². The summed E-state index contributed by atoms with van der Waals surface area (Å²) in [5.41, 5.74) is 0.813. The Bertz CT molecular complexity index is 739. The number of nitrogens with zero attached hydrogens (tertiary/aromatic N) is 2. The van der Waals surface area contributed by atoms with Crippen molar-refractivity contribution in [2.45, 2.75) is 6.61 Å². The van der Waals surface area contributed by atoms with E-state index in [4.69, 9.17) is 25.6 Å². The Kier molecular flexibility index (Phi) is 4.25. The van der Waals surface area contributed by atoms with Crippen LogP contribution in [0.15, 0.2) is 53.1 Å². The maximum Gasteiger partial charge on any atom is 0.258 e. The standard InChI is InChI=1S/C16H13ClN2O3/c1-20-13-6-8-14(9-7-13)21-10-15-18-16(22-19-15)11-2-4-12(17)5-3-11/h2-9H,10H2,1H3. The van der Waals surface area contributed by atoms with Crippen LogP contribution in [0.5, 0.6) is 11.5 Å². The molecule has 0 atom stereocenters. The Morgan fingerprint density at radius 3 is 2.36 bits per heavy atom. The van der Waals surface area contributed by atoms with Crippen molar-refractivity contribution in [1.82, 2.24) is 10.1 Å². The molecule has 112 valence electrons. The Morgan fingerprint density at radius 1 is 1.00 bits per heavy atom. The van der Waals surface area contributed by atoms with Crippen molar-refractivity contribution in [1.29, 1.82) is 0 Å². The van der Waals surface area contributed by atoms with Crippen LogP contribution in [-0.2, 0) is 6.61 Å². The Balaban J connectivity index is 1.65. The highest BCUT2D eigenvalue weighted by Gasteiger charge is 2.09. The third-order valence-corrected chi connectivity index (χ3v) is 3.24. The molecule has 6 heteroatoms. The minimum absolute atomic E-state index is 0.226. The highest BCUT2D eigenvalue weighted by Crippen LogP contribution is 2.21. The zero-order valence-corrected chi connectivity index (χ0v) is 12.6. The molecule has 0 aliphatic rings. The molecule has 0 aliphatic carbocycles. The van der Waals surface area contributed by atoms with Gasteiger partial charge in [0.25, 0.3) is 5.89 Å². The maximum atomic E-state index is 5.85. The molecule has 0 spiro atoms. The number of benzene rings is 2. The van der Waals surface area contributed by atoms with Gasteiger partial charge in [-0.3, -0.25) is 0 Å². The van der Waals surface area contributed by atoms with Crippen molar-refractivity contribution < 1.29 is 14.0 Å². The minimum Gasteiger partial charge on any atom is -0.497 e. The molecule has 0 saturated heterocycles. The summed E-state index contributed by atoms with van der Waals surface area (Å²) in [5, 5.41) is 4.55. The first kappa shape index (κ1) is 14.4. The summed E-state index contributed by atoms with van der Waals surface area (Å²) in [5.74, 6) is 2.39. The summed E-state index contributed by atoms with van der Waals surface area (Å²) in [6, 6.07) is 14.5. The van der Waals surface area contributed by atoms with Crippen LogP contribution in [0.25, 0.3) is 11.5 Å². The lowest BCUT2D eigenvalue weighted by molar-refractivity contribution is 0.286. The van der Waals surface area contributed by atoms with E-state index in [1.807, 2.05) is 36.4 Å². The van der Waals surface area contributed by atoms with Gasteiger partial charge in [0, 0.05) is 10.6 Å². The van der Waals surface area contributed by atoms with E-state index >= 15 is 0 Å². The van der Waals surface area contributed by atoms with E-state index < -0.39 is 0 Å². The highest BCUT2D eigenvalue weighted by molar-refractivity contribution is 6.30. The van der Waals surface area contributed by atoms with Crippen LogP contribution in [0.2, 0.25) is 5.02 Å². The van der Waals surface area contributed by atoms with Gasteiger partial charge in [-0.05, 0) is 48.5 Å². The van der Waals surface area contributed by atoms with Gasteiger partial charge in [0.15, 0.2) is 6.61 Å². The van der Waals surface area contributed by atoms with Gasteiger partial charge < -0.3 is 14.0 Å². The predicted octanol–water partition coefficient (Wildman–Crippen LogP) is 3.98. The molecule has 1 aromatic heterocycles. The molecule has 0 radical (unpaired) electrons. The third kappa shape index (κ3) is 3.38. The molecule has 5 nitrogen and oxygen atoms in total. The average molecular weight is 317 g/mol. The van der Waals surface area contributed by atoms with Gasteiger partial charge in [0.1, 0.15) is 11.5 Å². The second-order valence-corrected chi connectivity index (χ2v) is 4.92. The molecular weight excluding hydrogens is 304 g/mol. The molecule has 0 amide bonds. The topological polar surface area (TPSA) is 57.4 Å². The van der Waals surface area contributed by atoms with Crippen LogP contribution in [-0.4, -0.2) is 17.3 Å². The van der Waals surface area contributed by atoms with Gasteiger partial charge in [-0.2, -0.15) is 4.98 Å². The van der Waals surface area contributed by atoms with E-state index in [2.05, 4.69) is 10.1 Å². The summed E-state index contributed by atoms with van der Waals surface area (Å²) in [4.78, 5) is 4.29. The molecule has 0 unspecified atom stereocenters. The molecule has 0 saturated carbocycles. The summed E-state index contributed by atoms with van der Waals surface area (Å²) < 4.78 is 15.9. The molecule has 2 aromatic carbocycles. The van der Waals surface area contributed by atoms with Gasteiger partial charge in [-0.15, -0.1) is 0 Å². The second-order valence-electron chi connectivity index (χ2n) is 4.49. The van der Waals surface area contributed by atoms with Crippen LogP contribution in [0.3, 0.4) is 0 Å². The van der Waals surface area contributed by atoms with E-state index in [0.717, 1.165) is 11.3 Å². The minimum atomic E-state index is 0.226. The monoisotopic (exact) mass is 316 g/mol. The number of hydrogen-bond acceptors (Lipinski definition) is 5. The number of ether oxygens (including phenoxy) is 2.